The third-order valence-corrected chi connectivity index (χ3v) is 4.58. The lowest BCUT2D eigenvalue weighted by atomic mass is 9.91. The first-order chi connectivity index (χ1) is 11.5. The van der Waals surface area contributed by atoms with Crippen LogP contribution in [0, 0.1) is 5.82 Å². The monoisotopic (exact) mass is 327 g/mol. The summed E-state index contributed by atoms with van der Waals surface area (Å²) in [5, 5.41) is 0. The van der Waals surface area contributed by atoms with Crippen molar-refractivity contribution >= 4 is 11.6 Å². The topological polar surface area (TPSA) is 49.6 Å². The van der Waals surface area contributed by atoms with Crippen LogP contribution in [-0.2, 0) is 10.3 Å². The molecule has 1 aliphatic heterocycles. The van der Waals surface area contributed by atoms with Crippen molar-refractivity contribution in [1.82, 2.24) is 4.90 Å². The average Bonchev–Trinajstić information content (AvgIpc) is 2.62. The number of carbonyl (C=O) groups is 1. The molecule has 0 aromatic heterocycles. The van der Waals surface area contributed by atoms with Gasteiger partial charge >= 0.3 is 0 Å². The minimum Gasteiger partial charge on any atom is -0.366 e. The summed E-state index contributed by atoms with van der Waals surface area (Å²) in [5.41, 5.74) is 6.65. The van der Waals surface area contributed by atoms with Crippen LogP contribution in [-0.4, -0.2) is 37.0 Å². The van der Waals surface area contributed by atoms with E-state index in [9.17, 15) is 9.18 Å². The molecule has 126 valence electrons. The molecule has 1 saturated heterocycles. The predicted molar refractivity (Wildman–Crippen MR) is 93.2 cm³/mol. The highest BCUT2D eigenvalue weighted by atomic mass is 19.1. The number of carbonyl (C=O) groups excluding carboxylic acids is 1. The van der Waals surface area contributed by atoms with Gasteiger partial charge in [0.05, 0.1) is 5.69 Å². The van der Waals surface area contributed by atoms with Crippen molar-refractivity contribution < 1.29 is 9.18 Å². The van der Waals surface area contributed by atoms with E-state index in [4.69, 9.17) is 5.73 Å². The van der Waals surface area contributed by atoms with Crippen molar-refractivity contribution in [1.29, 1.82) is 0 Å². The van der Waals surface area contributed by atoms with Gasteiger partial charge in [0.15, 0.2) is 0 Å². The maximum atomic E-state index is 13.9. The van der Waals surface area contributed by atoms with E-state index in [1.54, 1.807) is 24.0 Å². The molecule has 1 aliphatic rings. The fourth-order valence-electron chi connectivity index (χ4n) is 3.09. The molecular formula is C19H22FN3O. The quantitative estimate of drug-likeness (QED) is 0.941. The Morgan fingerprint density at radius 1 is 1.00 bits per heavy atom. The number of piperazine rings is 1. The van der Waals surface area contributed by atoms with Crippen molar-refractivity contribution in [2.24, 2.45) is 5.73 Å². The molecule has 0 spiro atoms. The van der Waals surface area contributed by atoms with Crippen molar-refractivity contribution in [3.05, 3.63) is 66.0 Å². The van der Waals surface area contributed by atoms with Crippen LogP contribution >= 0.6 is 0 Å². The summed E-state index contributed by atoms with van der Waals surface area (Å²) in [4.78, 5) is 16.6. The maximum absolute atomic E-state index is 13.9. The molecular weight excluding hydrogens is 305 g/mol. The molecule has 1 unspecified atom stereocenters. The van der Waals surface area contributed by atoms with E-state index in [1.807, 2.05) is 41.3 Å². The van der Waals surface area contributed by atoms with Crippen LogP contribution in [0.15, 0.2) is 54.6 Å². The van der Waals surface area contributed by atoms with Gasteiger partial charge in [-0.2, -0.15) is 0 Å². The van der Waals surface area contributed by atoms with Crippen LogP contribution in [0.3, 0.4) is 0 Å². The fourth-order valence-corrected chi connectivity index (χ4v) is 3.09. The van der Waals surface area contributed by atoms with E-state index in [-0.39, 0.29) is 11.7 Å². The number of hydrogen-bond donors (Lipinski definition) is 1. The largest absolute Gasteiger partial charge is 0.366 e. The normalized spacial score (nSPS) is 17.5. The lowest BCUT2D eigenvalue weighted by Crippen LogP contribution is -2.56. The van der Waals surface area contributed by atoms with E-state index >= 15 is 0 Å². The van der Waals surface area contributed by atoms with E-state index < -0.39 is 5.54 Å². The summed E-state index contributed by atoms with van der Waals surface area (Å²) in [6.45, 7) is 4.00. The number of nitrogens with zero attached hydrogens (tertiary/aromatic N) is 2. The van der Waals surface area contributed by atoms with E-state index in [0.29, 0.717) is 31.9 Å². The first-order valence-electron chi connectivity index (χ1n) is 8.13. The van der Waals surface area contributed by atoms with Gasteiger partial charge in [-0.25, -0.2) is 4.39 Å². The van der Waals surface area contributed by atoms with Gasteiger partial charge in [0.2, 0.25) is 5.91 Å². The van der Waals surface area contributed by atoms with Gasteiger partial charge in [-0.15, -0.1) is 0 Å². The number of amides is 1. The van der Waals surface area contributed by atoms with Gasteiger partial charge in [0.1, 0.15) is 11.4 Å². The predicted octanol–water partition coefficient (Wildman–Crippen LogP) is 2.35. The van der Waals surface area contributed by atoms with Crippen LogP contribution in [0.1, 0.15) is 12.5 Å². The number of anilines is 1. The number of halogens is 1. The molecule has 1 heterocycles. The second-order valence-corrected chi connectivity index (χ2v) is 6.30. The molecule has 2 N–H and O–H groups in total. The zero-order valence-corrected chi connectivity index (χ0v) is 13.8. The van der Waals surface area contributed by atoms with Crippen LogP contribution < -0.4 is 10.6 Å². The van der Waals surface area contributed by atoms with Gasteiger partial charge in [-0.05, 0) is 24.6 Å². The highest BCUT2D eigenvalue weighted by molar-refractivity contribution is 5.87. The Bertz CT molecular complexity index is 710. The van der Waals surface area contributed by atoms with Crippen LogP contribution in [0.4, 0.5) is 10.1 Å². The van der Waals surface area contributed by atoms with E-state index in [0.717, 1.165) is 5.56 Å². The lowest BCUT2D eigenvalue weighted by molar-refractivity contribution is -0.137. The molecule has 0 aliphatic carbocycles. The van der Waals surface area contributed by atoms with Crippen molar-refractivity contribution in [3.8, 4) is 0 Å². The third kappa shape index (κ3) is 3.12. The van der Waals surface area contributed by atoms with Gasteiger partial charge in [-0.1, -0.05) is 42.5 Å². The number of nitrogens with two attached hydrogens (primary N) is 1. The van der Waals surface area contributed by atoms with Crippen molar-refractivity contribution in [3.63, 3.8) is 0 Å². The first kappa shape index (κ1) is 16.5. The third-order valence-electron chi connectivity index (χ3n) is 4.58. The highest BCUT2D eigenvalue weighted by Gasteiger charge is 2.35. The molecule has 2 aromatic rings. The van der Waals surface area contributed by atoms with Gasteiger partial charge in [-0.3, -0.25) is 4.79 Å². The molecule has 0 saturated carbocycles. The summed E-state index contributed by atoms with van der Waals surface area (Å²) < 4.78 is 13.9. The summed E-state index contributed by atoms with van der Waals surface area (Å²) in [6, 6.07) is 16.1. The molecule has 4 nitrogen and oxygen atoms in total. The number of rotatable bonds is 3. The Hall–Kier alpha value is -2.40. The Morgan fingerprint density at radius 2 is 1.58 bits per heavy atom. The summed E-state index contributed by atoms with van der Waals surface area (Å²) in [5.74, 6) is -0.327. The second kappa shape index (κ2) is 6.61. The zero-order chi connectivity index (χ0) is 17.2. The highest BCUT2D eigenvalue weighted by Crippen LogP contribution is 2.24. The van der Waals surface area contributed by atoms with Crippen LogP contribution in [0.2, 0.25) is 0 Å². The molecule has 1 atom stereocenters. The fraction of sp³-hybridized carbons (Fsp3) is 0.316. The molecule has 5 heteroatoms. The van der Waals surface area contributed by atoms with Crippen molar-refractivity contribution in [2.45, 2.75) is 12.5 Å². The smallest absolute Gasteiger partial charge is 0.247 e. The number of benzene rings is 2. The molecule has 3 rings (SSSR count). The molecule has 2 aromatic carbocycles. The van der Waals surface area contributed by atoms with Gasteiger partial charge in [0.25, 0.3) is 0 Å². The first-order valence-corrected chi connectivity index (χ1v) is 8.13. The zero-order valence-electron chi connectivity index (χ0n) is 13.8. The molecule has 0 radical (unpaired) electrons. The van der Waals surface area contributed by atoms with Gasteiger partial charge < -0.3 is 15.5 Å². The maximum Gasteiger partial charge on any atom is 0.247 e. The molecule has 1 amide bonds. The van der Waals surface area contributed by atoms with E-state index in [2.05, 4.69) is 0 Å². The lowest BCUT2D eigenvalue weighted by Gasteiger charge is -2.39. The average molecular weight is 327 g/mol. The Balaban J connectivity index is 1.68. The number of hydrogen-bond acceptors (Lipinski definition) is 3. The Morgan fingerprint density at radius 3 is 2.21 bits per heavy atom. The molecule has 1 fully saturated rings. The summed E-state index contributed by atoms with van der Waals surface area (Å²) >= 11 is 0. The van der Waals surface area contributed by atoms with Crippen LogP contribution in [0.5, 0.6) is 0 Å². The molecule has 0 bridgehead atoms. The Kier molecular flexibility index (Phi) is 4.53. The SMILES string of the molecule is CC(N)(C(=O)N1CCN(c2ccccc2F)CC1)c1ccccc1. The summed E-state index contributed by atoms with van der Waals surface area (Å²) in [7, 11) is 0. The minimum absolute atomic E-state index is 0.0955. The van der Waals surface area contributed by atoms with Gasteiger partial charge in [0, 0.05) is 26.2 Å². The standard InChI is InChI=1S/C19H22FN3O/c1-19(21,15-7-3-2-4-8-15)18(24)23-13-11-22(12-14-23)17-10-6-5-9-16(17)20/h2-10H,11-14,21H2,1H3. The van der Waals surface area contributed by atoms with Crippen LogP contribution in [0.25, 0.3) is 0 Å². The second-order valence-electron chi connectivity index (χ2n) is 6.30. The minimum atomic E-state index is -1.05. The summed E-state index contributed by atoms with van der Waals surface area (Å²) in [6.07, 6.45) is 0. The van der Waals surface area contributed by atoms with E-state index in [1.165, 1.54) is 6.07 Å². The Labute approximate surface area is 141 Å². The molecule has 24 heavy (non-hydrogen) atoms. The number of para-hydroxylation sites is 1. The van der Waals surface area contributed by atoms with Crippen molar-refractivity contribution in [2.75, 3.05) is 31.1 Å².